The van der Waals surface area contributed by atoms with Gasteiger partial charge >= 0.3 is 0 Å². The zero-order valence-electron chi connectivity index (χ0n) is 12.9. The van der Waals surface area contributed by atoms with Crippen LogP contribution in [-0.4, -0.2) is 58.5 Å². The molecule has 2 fully saturated rings. The first-order chi connectivity index (χ1) is 11.7. The molecule has 2 aromatic rings. The van der Waals surface area contributed by atoms with E-state index in [4.69, 9.17) is 4.74 Å². The number of nitrogens with zero attached hydrogens (tertiary/aromatic N) is 4. The lowest BCUT2D eigenvalue weighted by molar-refractivity contribution is -0.130. The van der Waals surface area contributed by atoms with E-state index in [1.165, 1.54) is 0 Å². The number of likely N-dealkylation sites (tertiary alicyclic amines) is 1. The Balaban J connectivity index is 1.59. The van der Waals surface area contributed by atoms with Crippen molar-refractivity contribution in [1.29, 1.82) is 0 Å². The lowest BCUT2D eigenvalue weighted by Gasteiger charge is -2.36. The van der Waals surface area contributed by atoms with Crippen LogP contribution < -0.4 is 4.90 Å². The molecule has 2 amide bonds. The number of fused-ring (bicyclic) bond motifs is 1. The number of amides is 2. The van der Waals surface area contributed by atoms with E-state index >= 15 is 0 Å². The molecule has 0 aliphatic carbocycles. The van der Waals surface area contributed by atoms with Crippen LogP contribution in [0.4, 0.5) is 5.69 Å². The lowest BCUT2D eigenvalue weighted by Crippen LogP contribution is -2.54. The van der Waals surface area contributed by atoms with Gasteiger partial charge in [0.25, 0.3) is 11.8 Å². The topological polar surface area (TPSA) is 75.6 Å². The Morgan fingerprint density at radius 2 is 1.83 bits per heavy atom. The molecule has 3 heterocycles. The summed E-state index contributed by atoms with van der Waals surface area (Å²) in [6.45, 7) is 0.862. The Morgan fingerprint density at radius 1 is 1.08 bits per heavy atom. The summed E-state index contributed by atoms with van der Waals surface area (Å²) in [6.07, 6.45) is 2.88. The van der Waals surface area contributed by atoms with Gasteiger partial charge in [-0.25, -0.2) is 9.97 Å². The Kier molecular flexibility index (Phi) is 3.70. The van der Waals surface area contributed by atoms with Crippen molar-refractivity contribution in [3.05, 3.63) is 54.6 Å². The molecule has 0 spiro atoms. The third kappa shape index (κ3) is 2.52. The molecular weight excluding hydrogens is 308 g/mol. The van der Waals surface area contributed by atoms with Crippen molar-refractivity contribution in [2.45, 2.75) is 12.1 Å². The van der Waals surface area contributed by atoms with E-state index in [-0.39, 0.29) is 36.4 Å². The molecule has 0 radical (unpaired) electrons. The van der Waals surface area contributed by atoms with E-state index in [0.717, 1.165) is 5.69 Å². The van der Waals surface area contributed by atoms with Crippen LogP contribution in [0.25, 0.3) is 0 Å². The largest absolute Gasteiger partial charge is 0.364 e. The summed E-state index contributed by atoms with van der Waals surface area (Å²) < 4.78 is 5.66. The molecular formula is C17H16N4O3. The normalized spacial score (nSPS) is 23.2. The maximum Gasteiger partial charge on any atom is 0.291 e. The molecule has 0 bridgehead atoms. The minimum atomic E-state index is -0.242. The fraction of sp³-hybridized carbons (Fsp3) is 0.294. The summed E-state index contributed by atoms with van der Waals surface area (Å²) in [5, 5.41) is 0. The summed E-state index contributed by atoms with van der Waals surface area (Å²) in [5.41, 5.74) is 0.825. The first-order valence-electron chi connectivity index (χ1n) is 7.79. The highest BCUT2D eigenvalue weighted by atomic mass is 16.5. The zero-order valence-corrected chi connectivity index (χ0v) is 12.9. The molecule has 4 rings (SSSR count). The Hall–Kier alpha value is -2.80. The molecule has 7 heteroatoms. The molecule has 24 heavy (non-hydrogen) atoms. The van der Waals surface area contributed by atoms with Crippen LogP contribution in [0.3, 0.4) is 0 Å². The molecule has 1 aromatic heterocycles. The number of ether oxygens (including phenoxy) is 1. The highest BCUT2D eigenvalue weighted by Crippen LogP contribution is 2.29. The fourth-order valence-corrected chi connectivity index (χ4v) is 3.24. The second-order valence-corrected chi connectivity index (χ2v) is 5.80. The van der Waals surface area contributed by atoms with E-state index in [1.54, 1.807) is 28.3 Å². The predicted molar refractivity (Wildman–Crippen MR) is 85.4 cm³/mol. The van der Waals surface area contributed by atoms with Crippen molar-refractivity contribution in [1.82, 2.24) is 14.9 Å². The van der Waals surface area contributed by atoms with Crippen molar-refractivity contribution in [3.63, 3.8) is 0 Å². The summed E-state index contributed by atoms with van der Waals surface area (Å²) in [5.74, 6) is -0.171. The molecule has 0 N–H and O–H groups in total. The second-order valence-electron chi connectivity index (χ2n) is 5.80. The Labute approximate surface area is 138 Å². The maximum atomic E-state index is 12.6. The number of carbonyl (C=O) groups excluding carboxylic acids is 2. The molecule has 2 atom stereocenters. The number of morpholine rings is 1. The quantitative estimate of drug-likeness (QED) is 0.814. The molecule has 2 aliphatic heterocycles. The first kappa shape index (κ1) is 14.8. The average molecular weight is 324 g/mol. The number of benzene rings is 1. The van der Waals surface area contributed by atoms with E-state index in [2.05, 4.69) is 9.97 Å². The zero-order chi connectivity index (χ0) is 16.5. The summed E-state index contributed by atoms with van der Waals surface area (Å²) in [7, 11) is 0. The van der Waals surface area contributed by atoms with Gasteiger partial charge in [-0.2, -0.15) is 0 Å². The fourth-order valence-electron chi connectivity index (χ4n) is 3.24. The summed E-state index contributed by atoms with van der Waals surface area (Å²) >= 11 is 0. The van der Waals surface area contributed by atoms with Gasteiger partial charge in [0, 0.05) is 31.2 Å². The van der Waals surface area contributed by atoms with Gasteiger partial charge < -0.3 is 14.5 Å². The van der Waals surface area contributed by atoms with Crippen LogP contribution >= 0.6 is 0 Å². The highest BCUT2D eigenvalue weighted by molar-refractivity contribution is 5.96. The third-order valence-corrected chi connectivity index (χ3v) is 4.34. The molecule has 0 unspecified atom stereocenters. The van der Waals surface area contributed by atoms with E-state index in [9.17, 15) is 9.59 Å². The van der Waals surface area contributed by atoms with Crippen LogP contribution in [-0.2, 0) is 9.53 Å². The van der Waals surface area contributed by atoms with Gasteiger partial charge in [0.1, 0.15) is 6.61 Å². The van der Waals surface area contributed by atoms with Crippen LogP contribution in [0.15, 0.2) is 48.8 Å². The number of aromatic nitrogens is 2. The predicted octanol–water partition coefficient (Wildman–Crippen LogP) is 0.733. The molecule has 2 aliphatic rings. The highest BCUT2D eigenvalue weighted by Gasteiger charge is 2.45. The van der Waals surface area contributed by atoms with Crippen molar-refractivity contribution >= 4 is 17.5 Å². The first-order valence-corrected chi connectivity index (χ1v) is 7.79. The Morgan fingerprint density at radius 3 is 2.58 bits per heavy atom. The lowest BCUT2D eigenvalue weighted by atomic mass is 10.1. The number of carbonyl (C=O) groups is 2. The van der Waals surface area contributed by atoms with Crippen LogP contribution in [0.2, 0.25) is 0 Å². The standard InChI is InChI=1S/C17H16N4O3/c22-15-11-24-14-10-20(17(23)16-18-7-4-8-19-16)9-13(14)21(15)12-5-2-1-3-6-12/h1-8,13-14H,9-11H2/t13-,14-/m0/s1. The van der Waals surface area contributed by atoms with E-state index < -0.39 is 0 Å². The monoisotopic (exact) mass is 324 g/mol. The molecule has 2 saturated heterocycles. The van der Waals surface area contributed by atoms with Crippen LogP contribution in [0.5, 0.6) is 0 Å². The number of hydrogen-bond acceptors (Lipinski definition) is 5. The molecule has 0 saturated carbocycles. The SMILES string of the molecule is O=C(c1ncccn1)N1C[C@@H]2OCC(=O)N(c3ccccc3)[C@H]2C1. The van der Waals surface area contributed by atoms with Gasteiger partial charge in [0.15, 0.2) is 0 Å². The van der Waals surface area contributed by atoms with Crippen molar-refractivity contribution < 1.29 is 14.3 Å². The summed E-state index contributed by atoms with van der Waals surface area (Å²) in [4.78, 5) is 36.3. The molecule has 7 nitrogen and oxygen atoms in total. The maximum absolute atomic E-state index is 12.6. The number of hydrogen-bond donors (Lipinski definition) is 0. The molecule has 1 aromatic carbocycles. The van der Waals surface area contributed by atoms with Gasteiger partial charge in [-0.05, 0) is 18.2 Å². The van der Waals surface area contributed by atoms with Crippen molar-refractivity contribution in [2.24, 2.45) is 0 Å². The van der Waals surface area contributed by atoms with Crippen LogP contribution in [0, 0.1) is 0 Å². The van der Waals surface area contributed by atoms with Gasteiger partial charge in [-0.3, -0.25) is 9.59 Å². The number of para-hydroxylation sites is 1. The van der Waals surface area contributed by atoms with E-state index in [0.29, 0.717) is 13.1 Å². The minimum absolute atomic E-state index is 0.0277. The number of anilines is 1. The Bertz CT molecular complexity index is 753. The minimum Gasteiger partial charge on any atom is -0.364 e. The van der Waals surface area contributed by atoms with Gasteiger partial charge in [0.05, 0.1) is 12.1 Å². The second kappa shape index (κ2) is 6.01. The smallest absolute Gasteiger partial charge is 0.291 e. The van der Waals surface area contributed by atoms with Gasteiger partial charge in [-0.1, -0.05) is 18.2 Å². The van der Waals surface area contributed by atoms with Crippen molar-refractivity contribution in [3.8, 4) is 0 Å². The number of rotatable bonds is 2. The average Bonchev–Trinajstić information content (AvgIpc) is 3.06. The summed E-state index contributed by atoms with van der Waals surface area (Å²) in [6, 6.07) is 10.9. The van der Waals surface area contributed by atoms with Crippen molar-refractivity contribution in [2.75, 3.05) is 24.6 Å². The van der Waals surface area contributed by atoms with Gasteiger partial charge in [-0.15, -0.1) is 0 Å². The van der Waals surface area contributed by atoms with Gasteiger partial charge in [0.2, 0.25) is 5.82 Å². The third-order valence-electron chi connectivity index (χ3n) is 4.34. The van der Waals surface area contributed by atoms with E-state index in [1.807, 2.05) is 30.3 Å². The van der Waals surface area contributed by atoms with Crippen LogP contribution in [0.1, 0.15) is 10.6 Å². The molecule has 122 valence electrons.